The fraction of sp³-hybridized carbons (Fsp3) is 0.0667. The van der Waals surface area contributed by atoms with E-state index in [1.54, 1.807) is 0 Å². The monoisotopic (exact) mass is 524 g/mol. The van der Waals surface area contributed by atoms with Crippen LogP contribution in [0.5, 0.6) is 0 Å². The number of esters is 1. The first kappa shape index (κ1) is 24.9. The van der Waals surface area contributed by atoms with E-state index in [9.17, 15) is 19.2 Å². The molecule has 4 aromatic carbocycles. The summed E-state index contributed by atoms with van der Waals surface area (Å²) in [6, 6.07) is 23.9. The third-order valence-electron chi connectivity index (χ3n) is 6.34. The van der Waals surface area contributed by atoms with Gasteiger partial charge in [0.25, 0.3) is 11.8 Å². The largest absolute Gasteiger partial charge is 0.465 e. The molecule has 1 aliphatic rings. The lowest BCUT2D eigenvalue weighted by Gasteiger charge is -2.26. The fourth-order valence-corrected chi connectivity index (χ4v) is 4.62. The minimum absolute atomic E-state index is 0.196. The fourth-order valence-electron chi connectivity index (χ4n) is 4.41. The molecule has 1 aliphatic heterocycles. The molecule has 1 fully saturated rings. The minimum atomic E-state index is -0.878. The van der Waals surface area contributed by atoms with Crippen LogP contribution >= 0.6 is 11.6 Å². The quantitative estimate of drug-likeness (QED) is 0.210. The van der Waals surface area contributed by atoms with Gasteiger partial charge in [-0.25, -0.2) is 14.5 Å². The van der Waals surface area contributed by atoms with Gasteiger partial charge >= 0.3 is 12.0 Å². The second-order valence-corrected chi connectivity index (χ2v) is 9.03. The molecule has 1 saturated heterocycles. The second-order valence-electron chi connectivity index (χ2n) is 8.62. The van der Waals surface area contributed by atoms with Gasteiger partial charge in [0, 0.05) is 5.02 Å². The van der Waals surface area contributed by atoms with Gasteiger partial charge in [0.05, 0.1) is 18.4 Å². The van der Waals surface area contributed by atoms with Crippen LogP contribution in [-0.4, -0.2) is 30.9 Å². The Balaban J connectivity index is 1.60. The lowest BCUT2D eigenvalue weighted by atomic mass is 9.92. The molecule has 0 aromatic heterocycles. The first-order valence-corrected chi connectivity index (χ1v) is 12.1. The van der Waals surface area contributed by atoms with E-state index < -0.39 is 23.8 Å². The third kappa shape index (κ3) is 4.67. The highest BCUT2D eigenvalue weighted by Crippen LogP contribution is 2.30. The Morgan fingerprint density at radius 2 is 1.61 bits per heavy atom. The van der Waals surface area contributed by atoms with Gasteiger partial charge in [-0.2, -0.15) is 0 Å². The van der Waals surface area contributed by atoms with Crippen LogP contribution in [0.1, 0.15) is 27.0 Å². The SMILES string of the molecule is COC(=O)c1ccc(N2C(=O)NC(=O)/C(=C\c3c(Cc4ccccc4Cl)ccc4ccccc34)C2=O)cc1. The summed E-state index contributed by atoms with van der Waals surface area (Å²) in [5.41, 5.74) is 2.69. The average molecular weight is 525 g/mol. The van der Waals surface area contributed by atoms with Crippen LogP contribution in [-0.2, 0) is 20.7 Å². The maximum Gasteiger partial charge on any atom is 0.337 e. The van der Waals surface area contributed by atoms with Crippen molar-refractivity contribution in [1.82, 2.24) is 5.32 Å². The van der Waals surface area contributed by atoms with E-state index in [0.717, 1.165) is 26.8 Å². The van der Waals surface area contributed by atoms with Crippen molar-refractivity contribution in [3.05, 3.63) is 118 Å². The zero-order valence-electron chi connectivity index (χ0n) is 20.2. The highest BCUT2D eigenvalue weighted by Gasteiger charge is 2.37. The number of ether oxygens (including phenoxy) is 1. The molecule has 8 heteroatoms. The Morgan fingerprint density at radius 3 is 2.34 bits per heavy atom. The van der Waals surface area contributed by atoms with E-state index in [0.29, 0.717) is 17.0 Å². The number of methoxy groups -OCH3 is 1. The molecule has 4 aromatic rings. The summed E-state index contributed by atoms with van der Waals surface area (Å²) in [4.78, 5) is 51.8. The molecule has 0 radical (unpaired) electrons. The Kier molecular flexibility index (Phi) is 6.77. The van der Waals surface area contributed by atoms with E-state index in [1.165, 1.54) is 37.5 Å². The molecule has 0 bridgehead atoms. The molecule has 0 spiro atoms. The predicted molar refractivity (Wildman–Crippen MR) is 145 cm³/mol. The zero-order valence-corrected chi connectivity index (χ0v) is 21.0. The highest BCUT2D eigenvalue weighted by atomic mass is 35.5. The summed E-state index contributed by atoms with van der Waals surface area (Å²) in [6.07, 6.45) is 1.99. The molecule has 7 nitrogen and oxygen atoms in total. The van der Waals surface area contributed by atoms with Crippen LogP contribution < -0.4 is 10.2 Å². The number of imide groups is 2. The molecule has 0 unspecified atom stereocenters. The van der Waals surface area contributed by atoms with Gasteiger partial charge in [0.2, 0.25) is 0 Å². The number of carbonyl (C=O) groups excluding carboxylic acids is 4. The Morgan fingerprint density at radius 1 is 0.895 bits per heavy atom. The maximum absolute atomic E-state index is 13.5. The Labute approximate surface area is 223 Å². The van der Waals surface area contributed by atoms with Gasteiger partial charge in [-0.3, -0.25) is 14.9 Å². The van der Waals surface area contributed by atoms with Crippen LogP contribution in [0.3, 0.4) is 0 Å². The van der Waals surface area contributed by atoms with E-state index in [1.807, 2.05) is 60.7 Å². The number of barbiturate groups is 1. The predicted octanol–water partition coefficient (Wildman–Crippen LogP) is 5.54. The number of nitrogens with one attached hydrogen (secondary N) is 1. The number of benzene rings is 4. The number of hydrogen-bond acceptors (Lipinski definition) is 5. The smallest absolute Gasteiger partial charge is 0.337 e. The van der Waals surface area contributed by atoms with Crippen molar-refractivity contribution in [2.24, 2.45) is 0 Å². The van der Waals surface area contributed by atoms with Gasteiger partial charge in [0.15, 0.2) is 0 Å². The number of fused-ring (bicyclic) bond motifs is 1. The molecule has 38 heavy (non-hydrogen) atoms. The second kappa shape index (κ2) is 10.3. The number of amides is 4. The molecule has 1 N–H and O–H groups in total. The van der Waals surface area contributed by atoms with Crippen LogP contribution in [0.2, 0.25) is 5.02 Å². The topological polar surface area (TPSA) is 92.8 Å². The number of anilines is 1. The molecular formula is C30H21ClN2O5. The summed E-state index contributed by atoms with van der Waals surface area (Å²) in [6.45, 7) is 0. The minimum Gasteiger partial charge on any atom is -0.465 e. The molecular weight excluding hydrogens is 504 g/mol. The highest BCUT2D eigenvalue weighted by molar-refractivity contribution is 6.39. The number of hydrogen-bond donors (Lipinski definition) is 1. The van der Waals surface area contributed by atoms with Crippen LogP contribution in [0, 0.1) is 0 Å². The van der Waals surface area contributed by atoms with Gasteiger partial charge in [-0.05, 0) is 70.3 Å². The van der Waals surface area contributed by atoms with Crippen molar-refractivity contribution in [3.63, 3.8) is 0 Å². The van der Waals surface area contributed by atoms with Crippen LogP contribution in [0.25, 0.3) is 16.8 Å². The molecule has 188 valence electrons. The Bertz CT molecular complexity index is 1640. The number of nitrogens with zero attached hydrogens (tertiary/aromatic N) is 1. The van der Waals surface area contributed by atoms with Crippen molar-refractivity contribution < 1.29 is 23.9 Å². The average Bonchev–Trinajstić information content (AvgIpc) is 2.92. The molecule has 0 saturated carbocycles. The van der Waals surface area contributed by atoms with Crippen molar-refractivity contribution in [2.45, 2.75) is 6.42 Å². The first-order chi connectivity index (χ1) is 18.4. The van der Waals surface area contributed by atoms with Crippen molar-refractivity contribution in [1.29, 1.82) is 0 Å². The number of carbonyl (C=O) groups is 4. The lowest BCUT2D eigenvalue weighted by molar-refractivity contribution is -0.122. The number of rotatable bonds is 5. The molecule has 5 rings (SSSR count). The van der Waals surface area contributed by atoms with E-state index in [4.69, 9.17) is 16.3 Å². The van der Waals surface area contributed by atoms with Gasteiger partial charge in [-0.1, -0.05) is 66.2 Å². The summed E-state index contributed by atoms with van der Waals surface area (Å²) >= 11 is 6.42. The van der Waals surface area contributed by atoms with Crippen molar-refractivity contribution in [3.8, 4) is 0 Å². The lowest BCUT2D eigenvalue weighted by Crippen LogP contribution is -2.54. The van der Waals surface area contributed by atoms with Crippen molar-refractivity contribution >= 4 is 58.0 Å². The number of halogens is 1. The van der Waals surface area contributed by atoms with Crippen LogP contribution in [0.4, 0.5) is 10.5 Å². The van der Waals surface area contributed by atoms with Crippen molar-refractivity contribution in [2.75, 3.05) is 12.0 Å². The van der Waals surface area contributed by atoms with Gasteiger partial charge in [-0.15, -0.1) is 0 Å². The summed E-state index contributed by atoms with van der Waals surface area (Å²) in [5, 5.41) is 4.63. The first-order valence-electron chi connectivity index (χ1n) is 11.7. The van der Waals surface area contributed by atoms with Gasteiger partial charge < -0.3 is 4.74 Å². The maximum atomic E-state index is 13.5. The molecule has 0 aliphatic carbocycles. The standard InChI is InChI=1S/C30H21ClN2O5/c1-38-29(36)19-12-14-22(15-13-19)33-28(35)25(27(34)32-30(33)37)17-24-20(16-21-7-3-5-9-26(21)31)11-10-18-6-2-4-8-23(18)24/h2-15,17H,16H2,1H3,(H,32,34,37)/b25-17+. The Hall–Kier alpha value is -4.75. The summed E-state index contributed by atoms with van der Waals surface area (Å²) in [7, 11) is 1.26. The number of urea groups is 1. The van der Waals surface area contributed by atoms with E-state index >= 15 is 0 Å². The normalized spacial score (nSPS) is 14.6. The summed E-state index contributed by atoms with van der Waals surface area (Å²) < 4.78 is 4.70. The molecule has 0 atom stereocenters. The summed E-state index contributed by atoms with van der Waals surface area (Å²) in [5.74, 6) is -2.12. The third-order valence-corrected chi connectivity index (χ3v) is 6.71. The van der Waals surface area contributed by atoms with Crippen LogP contribution in [0.15, 0.2) is 90.5 Å². The van der Waals surface area contributed by atoms with E-state index in [-0.39, 0.29) is 16.8 Å². The van der Waals surface area contributed by atoms with E-state index in [2.05, 4.69) is 5.32 Å². The zero-order chi connectivity index (χ0) is 26.8. The molecule has 4 amide bonds. The molecule has 1 heterocycles. The van der Waals surface area contributed by atoms with Gasteiger partial charge in [0.1, 0.15) is 5.57 Å².